The Balaban J connectivity index is -0.000000542. The summed E-state index contributed by atoms with van der Waals surface area (Å²) in [6, 6.07) is 0. The second kappa shape index (κ2) is 21.9. The van der Waals surface area contributed by atoms with Gasteiger partial charge in [-0.1, -0.05) is 83.1 Å². The normalized spacial score (nSPS) is 15.6. The Labute approximate surface area is 224 Å². The summed E-state index contributed by atoms with van der Waals surface area (Å²) in [4.78, 5) is 5.37. The molecule has 1 fully saturated rings. The molecule has 1 saturated heterocycles. The maximum atomic E-state index is 5.68. The summed E-state index contributed by atoms with van der Waals surface area (Å²) in [5, 5.41) is 0. The van der Waals surface area contributed by atoms with Gasteiger partial charge in [0.2, 0.25) is 0 Å². The lowest BCUT2D eigenvalue weighted by Crippen LogP contribution is -2.49. The average molecular weight is 505 g/mol. The van der Waals surface area contributed by atoms with Crippen molar-refractivity contribution in [2.45, 2.75) is 141 Å². The van der Waals surface area contributed by atoms with E-state index < -0.39 is 0 Å². The quantitative estimate of drug-likeness (QED) is 0.297. The van der Waals surface area contributed by atoms with Gasteiger partial charge in [0.05, 0.1) is 12.2 Å². The van der Waals surface area contributed by atoms with Gasteiger partial charge in [-0.15, -0.1) is 0 Å². The summed E-state index contributed by atoms with van der Waals surface area (Å²) in [6.45, 7) is 41.3. The van der Waals surface area contributed by atoms with Gasteiger partial charge in [-0.2, -0.15) is 0 Å². The van der Waals surface area contributed by atoms with Crippen LogP contribution in [0, 0.1) is 10.8 Å². The zero-order valence-electron chi connectivity index (χ0n) is 28.1. The fraction of sp³-hybridized carbons (Fsp3) is 1.00. The first-order valence-electron chi connectivity index (χ1n) is 14.7. The van der Waals surface area contributed by atoms with Crippen molar-refractivity contribution in [3.63, 3.8) is 0 Å². The van der Waals surface area contributed by atoms with Crippen molar-refractivity contribution in [3.05, 3.63) is 0 Å². The van der Waals surface area contributed by atoms with Crippen LogP contribution in [0.15, 0.2) is 0 Å². The van der Waals surface area contributed by atoms with Gasteiger partial charge in [0.1, 0.15) is 0 Å². The predicted octanol–water partition coefficient (Wildman–Crippen LogP) is 8.78. The average Bonchev–Trinajstić information content (AvgIpc) is 3.03. The Hall–Kier alpha value is -0.160. The molecule has 1 heterocycles. The molecule has 0 aliphatic carbocycles. The minimum absolute atomic E-state index is 0.0592. The minimum atomic E-state index is -0.0592. The van der Waals surface area contributed by atoms with E-state index in [1.807, 2.05) is 69.6 Å². The molecule has 0 saturated carbocycles. The van der Waals surface area contributed by atoms with Gasteiger partial charge < -0.3 is 14.4 Å². The highest BCUT2D eigenvalue weighted by Gasteiger charge is 2.36. The highest BCUT2D eigenvalue weighted by molar-refractivity contribution is 4.90. The smallest absolute Gasteiger partial charge is 0.0628 e. The van der Waals surface area contributed by atoms with E-state index in [0.29, 0.717) is 0 Å². The van der Waals surface area contributed by atoms with Crippen LogP contribution in [0.5, 0.6) is 0 Å². The summed E-state index contributed by atoms with van der Waals surface area (Å²) >= 11 is 0. The fourth-order valence-corrected chi connectivity index (χ4v) is 5.34. The van der Waals surface area contributed by atoms with Crippen LogP contribution in [0.1, 0.15) is 130 Å². The lowest BCUT2D eigenvalue weighted by molar-refractivity contribution is -0.0202. The highest BCUT2D eigenvalue weighted by Crippen LogP contribution is 2.34. The Bertz CT molecular complexity index is 445. The zero-order valence-corrected chi connectivity index (χ0v) is 28.1. The maximum absolute atomic E-state index is 5.68. The molecular weight excluding hydrogens is 432 g/mol. The molecule has 0 N–H and O–H groups in total. The topological polar surface area (TPSA) is 24.9 Å². The summed E-state index contributed by atoms with van der Waals surface area (Å²) in [6.07, 6.45) is 3.48. The van der Waals surface area contributed by atoms with E-state index in [-0.39, 0.29) is 22.0 Å². The molecule has 0 bridgehead atoms. The van der Waals surface area contributed by atoms with Crippen LogP contribution in [0.25, 0.3) is 0 Å². The molecule has 218 valence electrons. The van der Waals surface area contributed by atoms with Crippen molar-refractivity contribution in [2.75, 3.05) is 53.6 Å². The van der Waals surface area contributed by atoms with Crippen molar-refractivity contribution in [3.8, 4) is 0 Å². The van der Waals surface area contributed by atoms with Crippen molar-refractivity contribution in [1.29, 1.82) is 0 Å². The third kappa shape index (κ3) is 20.6. The number of hydrogen-bond acceptors (Lipinski definition) is 4. The third-order valence-electron chi connectivity index (χ3n) is 6.00. The van der Waals surface area contributed by atoms with E-state index >= 15 is 0 Å². The van der Waals surface area contributed by atoms with Crippen molar-refractivity contribution in [1.82, 2.24) is 9.80 Å². The van der Waals surface area contributed by atoms with Crippen LogP contribution >= 0.6 is 0 Å². The molecule has 0 atom stereocenters. The number of methoxy groups -OCH3 is 2. The minimum Gasteiger partial charge on any atom is -0.384 e. The fourth-order valence-electron chi connectivity index (χ4n) is 5.34. The summed E-state index contributed by atoms with van der Waals surface area (Å²) < 4.78 is 11.1. The van der Waals surface area contributed by atoms with Crippen LogP contribution in [0.2, 0.25) is 0 Å². The molecule has 0 amide bonds. The summed E-state index contributed by atoms with van der Waals surface area (Å²) in [5.74, 6) is 0. The van der Waals surface area contributed by atoms with Gasteiger partial charge in [-0.25, -0.2) is 0 Å². The first kappa shape index (κ1) is 41.9. The number of nitrogens with zero attached hydrogens (tertiary/aromatic N) is 2. The van der Waals surface area contributed by atoms with E-state index in [1.54, 1.807) is 0 Å². The Morgan fingerprint density at radius 1 is 0.600 bits per heavy atom. The van der Waals surface area contributed by atoms with Crippen molar-refractivity contribution in [2.24, 2.45) is 10.8 Å². The molecule has 4 heteroatoms. The number of ether oxygens (including phenoxy) is 2. The molecule has 0 spiro atoms. The largest absolute Gasteiger partial charge is 0.384 e. The molecule has 1 aliphatic heterocycles. The monoisotopic (exact) mass is 505 g/mol. The van der Waals surface area contributed by atoms with Crippen LogP contribution in [-0.2, 0) is 9.47 Å². The molecule has 1 rings (SSSR count). The first-order chi connectivity index (χ1) is 16.2. The Morgan fingerprint density at radius 2 is 1.09 bits per heavy atom. The molecular formula is C31H72N2O2. The zero-order chi connectivity index (χ0) is 28.9. The number of hydrogen-bond donors (Lipinski definition) is 0. The maximum Gasteiger partial charge on any atom is 0.0628 e. The molecule has 35 heavy (non-hydrogen) atoms. The molecule has 0 aromatic heterocycles. The van der Waals surface area contributed by atoms with Gasteiger partial charge in [0.25, 0.3) is 0 Å². The van der Waals surface area contributed by atoms with Gasteiger partial charge in [-0.05, 0) is 70.9 Å². The predicted molar refractivity (Wildman–Crippen MR) is 162 cm³/mol. The van der Waals surface area contributed by atoms with Crippen molar-refractivity contribution < 1.29 is 9.47 Å². The van der Waals surface area contributed by atoms with Crippen molar-refractivity contribution >= 4 is 0 Å². The SMILES string of the molecule is CC.CC.CC.CC.COCC(C)(C)CC(C)(C)N1CCCN(CC(C)(C)CC(C)(C)OC)CC1. The number of rotatable bonds is 10. The van der Waals surface area contributed by atoms with Gasteiger partial charge in [0, 0.05) is 39.4 Å². The lowest BCUT2D eigenvalue weighted by Gasteiger charge is -2.43. The lowest BCUT2D eigenvalue weighted by atomic mass is 9.79. The molecule has 0 radical (unpaired) electrons. The van der Waals surface area contributed by atoms with Gasteiger partial charge in [-0.3, -0.25) is 4.90 Å². The van der Waals surface area contributed by atoms with Crippen LogP contribution in [0.4, 0.5) is 0 Å². The van der Waals surface area contributed by atoms with Crippen LogP contribution < -0.4 is 0 Å². The molecule has 0 aromatic carbocycles. The second-order valence-electron chi connectivity index (χ2n) is 11.5. The van der Waals surface area contributed by atoms with E-state index in [1.165, 1.54) is 19.5 Å². The van der Waals surface area contributed by atoms with Crippen LogP contribution in [-0.4, -0.2) is 74.5 Å². The van der Waals surface area contributed by atoms with Crippen LogP contribution in [0.3, 0.4) is 0 Å². The van der Waals surface area contributed by atoms with Gasteiger partial charge >= 0.3 is 0 Å². The van der Waals surface area contributed by atoms with E-state index in [0.717, 1.165) is 39.1 Å². The Kier molecular flexibility index (Phi) is 26.2. The first-order valence-corrected chi connectivity index (χ1v) is 14.7. The molecule has 0 unspecified atom stereocenters. The summed E-state index contributed by atoms with van der Waals surface area (Å²) in [7, 11) is 3.64. The summed E-state index contributed by atoms with van der Waals surface area (Å²) in [5.41, 5.74) is 0.602. The van der Waals surface area contributed by atoms with E-state index in [2.05, 4.69) is 65.2 Å². The highest BCUT2D eigenvalue weighted by atomic mass is 16.5. The Morgan fingerprint density at radius 3 is 1.51 bits per heavy atom. The third-order valence-corrected chi connectivity index (χ3v) is 6.00. The van der Waals surface area contributed by atoms with Gasteiger partial charge in [0.15, 0.2) is 0 Å². The molecule has 0 aromatic rings. The van der Waals surface area contributed by atoms with E-state index in [9.17, 15) is 0 Å². The second-order valence-corrected chi connectivity index (χ2v) is 11.5. The molecule has 4 nitrogen and oxygen atoms in total. The standard InChI is InChI=1S/C23H48N2O2.4C2H6/c1-20(2,17-23(7,8)27-10)18-24-12-11-13-25(15-14-24)22(5,6)16-21(3,4)19-26-9;4*1-2/h11-19H2,1-10H3;4*1-2H3. The molecule has 1 aliphatic rings. The van der Waals surface area contributed by atoms with E-state index in [4.69, 9.17) is 9.47 Å².